The molecule has 0 radical (unpaired) electrons. The van der Waals surface area contributed by atoms with E-state index < -0.39 is 10.0 Å². The van der Waals surface area contributed by atoms with Crippen LogP contribution in [0.1, 0.15) is 26.3 Å². The standard InChI is InChI=1S/C16H17N3O2S2/c1-16(2,3)11-4-7-13(8-5-11)23(20,21)19-12-6-9-14-15(10-12)18-22-17-14/h4-10,19H,1-3H3. The lowest BCUT2D eigenvalue weighted by Crippen LogP contribution is -2.14. The number of nitrogens with one attached hydrogen (secondary N) is 1. The van der Waals surface area contributed by atoms with E-state index in [1.165, 1.54) is 0 Å². The van der Waals surface area contributed by atoms with E-state index in [0.29, 0.717) is 11.2 Å². The molecule has 0 saturated heterocycles. The van der Waals surface area contributed by atoms with Crippen LogP contribution < -0.4 is 4.72 Å². The second kappa shape index (κ2) is 5.58. The number of hydrogen-bond donors (Lipinski definition) is 1. The number of nitrogens with zero attached hydrogens (tertiary/aromatic N) is 2. The molecule has 0 aliphatic rings. The summed E-state index contributed by atoms with van der Waals surface area (Å²) in [7, 11) is -3.62. The molecule has 3 aromatic rings. The Morgan fingerprint density at radius 3 is 2.26 bits per heavy atom. The first-order chi connectivity index (χ1) is 10.8. The van der Waals surface area contributed by atoms with Crippen LogP contribution in [0, 0.1) is 0 Å². The van der Waals surface area contributed by atoms with Crippen LogP contribution in [0.2, 0.25) is 0 Å². The second-order valence-corrected chi connectivity index (χ2v) is 8.56. The zero-order valence-electron chi connectivity index (χ0n) is 13.1. The fourth-order valence-electron chi connectivity index (χ4n) is 2.19. The van der Waals surface area contributed by atoms with Crippen molar-refractivity contribution < 1.29 is 8.42 Å². The summed E-state index contributed by atoms with van der Waals surface area (Å²) in [6, 6.07) is 12.1. The SMILES string of the molecule is CC(C)(C)c1ccc(S(=O)(=O)Nc2ccc3nsnc3c2)cc1. The van der Waals surface area contributed by atoms with E-state index in [1.54, 1.807) is 30.3 Å². The van der Waals surface area contributed by atoms with Crippen LogP contribution in [0.25, 0.3) is 11.0 Å². The van der Waals surface area contributed by atoms with Gasteiger partial charge in [0, 0.05) is 0 Å². The van der Waals surface area contributed by atoms with E-state index in [-0.39, 0.29) is 10.3 Å². The normalized spacial score (nSPS) is 12.5. The molecule has 1 aromatic heterocycles. The molecule has 1 heterocycles. The van der Waals surface area contributed by atoms with E-state index in [9.17, 15) is 8.42 Å². The molecule has 0 aliphatic carbocycles. The van der Waals surface area contributed by atoms with E-state index >= 15 is 0 Å². The number of anilines is 1. The minimum absolute atomic E-state index is 0.0155. The van der Waals surface area contributed by atoms with Gasteiger partial charge < -0.3 is 0 Å². The Bertz CT molecular complexity index is 939. The third-order valence-electron chi connectivity index (χ3n) is 3.54. The Kier molecular flexibility index (Phi) is 3.85. The molecule has 23 heavy (non-hydrogen) atoms. The van der Waals surface area contributed by atoms with Crippen molar-refractivity contribution in [1.29, 1.82) is 0 Å². The number of aromatic nitrogens is 2. The van der Waals surface area contributed by atoms with Gasteiger partial charge in [-0.1, -0.05) is 32.9 Å². The molecule has 0 bridgehead atoms. The van der Waals surface area contributed by atoms with Crippen molar-refractivity contribution in [2.45, 2.75) is 31.1 Å². The molecule has 1 N–H and O–H groups in total. The van der Waals surface area contributed by atoms with Crippen LogP contribution in [0.5, 0.6) is 0 Å². The van der Waals surface area contributed by atoms with Gasteiger partial charge in [0.1, 0.15) is 11.0 Å². The van der Waals surface area contributed by atoms with Crippen molar-refractivity contribution in [1.82, 2.24) is 8.75 Å². The first-order valence-corrected chi connectivity index (χ1v) is 9.33. The average molecular weight is 347 g/mol. The molecule has 0 amide bonds. The predicted octanol–water partition coefficient (Wildman–Crippen LogP) is 3.79. The summed E-state index contributed by atoms with van der Waals surface area (Å²) < 4.78 is 35.8. The Balaban J connectivity index is 1.88. The highest BCUT2D eigenvalue weighted by Gasteiger charge is 2.18. The number of rotatable bonds is 3. The minimum Gasteiger partial charge on any atom is -0.280 e. The van der Waals surface area contributed by atoms with E-state index in [2.05, 4.69) is 34.2 Å². The molecule has 0 atom stereocenters. The van der Waals surface area contributed by atoms with Gasteiger partial charge in [-0.15, -0.1) is 0 Å². The van der Waals surface area contributed by atoms with E-state index in [0.717, 1.165) is 22.8 Å². The quantitative estimate of drug-likeness (QED) is 0.782. The molecule has 0 aliphatic heterocycles. The number of sulfonamides is 1. The molecular formula is C16H17N3O2S2. The minimum atomic E-state index is -3.62. The Morgan fingerprint density at radius 1 is 0.957 bits per heavy atom. The Labute approximate surface area is 139 Å². The van der Waals surface area contributed by atoms with Crippen LogP contribution in [-0.4, -0.2) is 17.2 Å². The molecule has 5 nitrogen and oxygen atoms in total. The van der Waals surface area contributed by atoms with Crippen molar-refractivity contribution in [3.05, 3.63) is 48.0 Å². The van der Waals surface area contributed by atoms with Crippen molar-refractivity contribution in [2.75, 3.05) is 4.72 Å². The fraction of sp³-hybridized carbons (Fsp3) is 0.250. The van der Waals surface area contributed by atoms with Crippen molar-refractivity contribution in [3.8, 4) is 0 Å². The molecular weight excluding hydrogens is 330 g/mol. The lowest BCUT2D eigenvalue weighted by atomic mass is 9.87. The van der Waals surface area contributed by atoms with Gasteiger partial charge in [0.05, 0.1) is 22.3 Å². The smallest absolute Gasteiger partial charge is 0.261 e. The molecule has 0 unspecified atom stereocenters. The van der Waals surface area contributed by atoms with Gasteiger partial charge in [0.25, 0.3) is 10.0 Å². The van der Waals surface area contributed by atoms with Crippen LogP contribution in [0.4, 0.5) is 5.69 Å². The number of hydrogen-bond acceptors (Lipinski definition) is 5. The van der Waals surface area contributed by atoms with Gasteiger partial charge in [-0.25, -0.2) is 8.42 Å². The van der Waals surface area contributed by atoms with E-state index in [4.69, 9.17) is 0 Å². The summed E-state index contributed by atoms with van der Waals surface area (Å²) in [5.41, 5.74) is 2.99. The first kappa shape index (κ1) is 15.9. The van der Waals surface area contributed by atoms with E-state index in [1.807, 2.05) is 12.1 Å². The highest BCUT2D eigenvalue weighted by Crippen LogP contribution is 2.25. The molecule has 0 fully saturated rings. The van der Waals surface area contributed by atoms with Gasteiger partial charge in [-0.3, -0.25) is 4.72 Å². The largest absolute Gasteiger partial charge is 0.280 e. The number of benzene rings is 2. The lowest BCUT2D eigenvalue weighted by Gasteiger charge is -2.19. The maximum Gasteiger partial charge on any atom is 0.261 e. The predicted molar refractivity (Wildman–Crippen MR) is 93.4 cm³/mol. The summed E-state index contributed by atoms with van der Waals surface area (Å²) in [6.07, 6.45) is 0. The monoisotopic (exact) mass is 347 g/mol. The molecule has 120 valence electrons. The van der Waals surface area contributed by atoms with Crippen molar-refractivity contribution in [3.63, 3.8) is 0 Å². The van der Waals surface area contributed by atoms with Crippen molar-refractivity contribution in [2.24, 2.45) is 0 Å². The molecule has 0 saturated carbocycles. The summed E-state index contributed by atoms with van der Waals surface area (Å²) in [4.78, 5) is 0.238. The summed E-state index contributed by atoms with van der Waals surface area (Å²) >= 11 is 1.10. The van der Waals surface area contributed by atoms with Crippen LogP contribution >= 0.6 is 11.7 Å². The maximum atomic E-state index is 12.5. The third kappa shape index (κ3) is 3.35. The summed E-state index contributed by atoms with van der Waals surface area (Å²) in [6.45, 7) is 6.27. The molecule has 0 spiro atoms. The van der Waals surface area contributed by atoms with Gasteiger partial charge in [0.2, 0.25) is 0 Å². The third-order valence-corrected chi connectivity index (χ3v) is 5.49. The van der Waals surface area contributed by atoms with Crippen LogP contribution in [-0.2, 0) is 15.4 Å². The molecule has 7 heteroatoms. The van der Waals surface area contributed by atoms with Gasteiger partial charge >= 0.3 is 0 Å². The summed E-state index contributed by atoms with van der Waals surface area (Å²) in [5, 5.41) is 0. The van der Waals surface area contributed by atoms with Gasteiger partial charge in [-0.2, -0.15) is 8.75 Å². The Hall–Kier alpha value is -1.99. The number of fused-ring (bicyclic) bond motifs is 1. The first-order valence-electron chi connectivity index (χ1n) is 7.11. The van der Waals surface area contributed by atoms with Crippen LogP contribution in [0.15, 0.2) is 47.4 Å². The summed E-state index contributed by atoms with van der Waals surface area (Å²) in [5.74, 6) is 0. The average Bonchev–Trinajstić information content (AvgIpc) is 2.93. The zero-order chi connectivity index (χ0) is 16.7. The zero-order valence-corrected chi connectivity index (χ0v) is 14.7. The van der Waals surface area contributed by atoms with Gasteiger partial charge in [-0.05, 0) is 41.3 Å². The highest BCUT2D eigenvalue weighted by molar-refractivity contribution is 7.92. The maximum absolute atomic E-state index is 12.5. The Morgan fingerprint density at radius 2 is 1.61 bits per heavy atom. The van der Waals surface area contributed by atoms with Crippen LogP contribution in [0.3, 0.4) is 0 Å². The second-order valence-electron chi connectivity index (χ2n) is 6.35. The fourth-order valence-corrected chi connectivity index (χ4v) is 3.76. The highest BCUT2D eigenvalue weighted by atomic mass is 32.2. The van der Waals surface area contributed by atoms with Crippen molar-refractivity contribution >= 4 is 38.5 Å². The van der Waals surface area contributed by atoms with Gasteiger partial charge in [0.15, 0.2) is 0 Å². The topological polar surface area (TPSA) is 72.0 Å². The molecule has 2 aromatic carbocycles. The molecule has 3 rings (SSSR count). The lowest BCUT2D eigenvalue weighted by molar-refractivity contribution is 0.587.